The van der Waals surface area contributed by atoms with E-state index in [1.165, 1.54) is 0 Å². The molecular formula is C6H8FN3. The summed E-state index contributed by atoms with van der Waals surface area (Å²) in [5.41, 5.74) is 5.77. The van der Waals surface area contributed by atoms with E-state index in [-0.39, 0.29) is 11.6 Å². The Bertz CT molecular complexity index is 251. The highest BCUT2D eigenvalue weighted by Crippen LogP contribution is 2.40. The van der Waals surface area contributed by atoms with E-state index < -0.39 is 0 Å². The molecule has 54 valence electrons. The molecule has 0 atom stereocenters. The molecule has 1 fully saturated rings. The molecule has 3 nitrogen and oxygen atoms in total. The molecule has 0 bridgehead atoms. The van der Waals surface area contributed by atoms with Crippen molar-refractivity contribution < 1.29 is 4.39 Å². The van der Waals surface area contributed by atoms with Crippen molar-refractivity contribution in [2.45, 2.75) is 18.8 Å². The van der Waals surface area contributed by atoms with Crippen LogP contribution < -0.4 is 5.73 Å². The van der Waals surface area contributed by atoms with E-state index in [2.05, 4.69) is 10.2 Å². The third kappa shape index (κ3) is 0.683. The molecule has 1 aromatic rings. The van der Waals surface area contributed by atoms with E-state index in [9.17, 15) is 4.39 Å². The fourth-order valence-electron chi connectivity index (χ4n) is 0.999. The van der Waals surface area contributed by atoms with Crippen LogP contribution in [0.3, 0.4) is 0 Å². The lowest BCUT2D eigenvalue weighted by Gasteiger charge is -1.87. The predicted molar refractivity (Wildman–Crippen MR) is 34.9 cm³/mol. The van der Waals surface area contributed by atoms with Gasteiger partial charge < -0.3 is 5.73 Å². The average Bonchev–Trinajstić information content (AvgIpc) is 2.67. The van der Waals surface area contributed by atoms with Gasteiger partial charge in [-0.2, -0.15) is 5.10 Å². The molecule has 0 aromatic carbocycles. The lowest BCUT2D eigenvalue weighted by molar-refractivity contribution is 0.615. The first-order valence-corrected chi connectivity index (χ1v) is 3.28. The number of nitrogens with one attached hydrogen (secondary N) is 1. The van der Waals surface area contributed by atoms with Crippen LogP contribution in [0.4, 0.5) is 10.2 Å². The van der Waals surface area contributed by atoms with E-state index in [4.69, 9.17) is 5.73 Å². The largest absolute Gasteiger partial charge is 0.380 e. The van der Waals surface area contributed by atoms with Crippen LogP contribution >= 0.6 is 0 Å². The van der Waals surface area contributed by atoms with Gasteiger partial charge in [-0.05, 0) is 12.8 Å². The summed E-state index contributed by atoms with van der Waals surface area (Å²) >= 11 is 0. The van der Waals surface area contributed by atoms with Crippen LogP contribution in [0.15, 0.2) is 0 Å². The van der Waals surface area contributed by atoms with Gasteiger partial charge in [0, 0.05) is 5.92 Å². The fourth-order valence-corrected chi connectivity index (χ4v) is 0.999. The van der Waals surface area contributed by atoms with Crippen LogP contribution in [0, 0.1) is 5.82 Å². The molecule has 10 heavy (non-hydrogen) atoms. The molecule has 3 N–H and O–H groups in total. The number of rotatable bonds is 1. The van der Waals surface area contributed by atoms with Crippen molar-refractivity contribution in [1.82, 2.24) is 10.2 Å². The molecule has 4 heteroatoms. The number of H-pyrrole nitrogens is 1. The van der Waals surface area contributed by atoms with Crippen molar-refractivity contribution >= 4 is 5.82 Å². The van der Waals surface area contributed by atoms with Crippen LogP contribution in [-0.2, 0) is 0 Å². The summed E-state index contributed by atoms with van der Waals surface area (Å²) in [5.74, 6) is -0.0193. The number of hydrogen-bond acceptors (Lipinski definition) is 2. The Kier molecular flexibility index (Phi) is 0.977. The van der Waals surface area contributed by atoms with Crippen molar-refractivity contribution in [3.05, 3.63) is 11.5 Å². The molecular weight excluding hydrogens is 133 g/mol. The van der Waals surface area contributed by atoms with Gasteiger partial charge in [0.2, 0.25) is 0 Å². The Labute approximate surface area is 57.4 Å². The van der Waals surface area contributed by atoms with E-state index in [0.717, 1.165) is 12.8 Å². The number of aromatic amines is 1. The minimum atomic E-state index is -0.359. The van der Waals surface area contributed by atoms with Crippen molar-refractivity contribution in [3.63, 3.8) is 0 Å². The number of nitrogen functional groups attached to an aromatic ring is 1. The zero-order valence-electron chi connectivity index (χ0n) is 5.39. The Morgan fingerprint density at radius 1 is 1.60 bits per heavy atom. The quantitative estimate of drug-likeness (QED) is 0.613. The SMILES string of the molecule is Nc1n[nH]c(C2CC2)c1F. The summed E-state index contributed by atoms with van der Waals surface area (Å²) in [6.45, 7) is 0. The van der Waals surface area contributed by atoms with Gasteiger partial charge in [-0.15, -0.1) is 0 Å². The van der Waals surface area contributed by atoms with Crippen molar-refractivity contribution in [3.8, 4) is 0 Å². The van der Waals surface area contributed by atoms with Gasteiger partial charge in [0.25, 0.3) is 0 Å². The number of nitrogens with two attached hydrogens (primary N) is 1. The van der Waals surface area contributed by atoms with Gasteiger partial charge in [0.05, 0.1) is 5.69 Å². The Hall–Kier alpha value is -1.06. The molecule has 0 unspecified atom stereocenters. The van der Waals surface area contributed by atoms with Gasteiger partial charge in [-0.1, -0.05) is 0 Å². The fraction of sp³-hybridized carbons (Fsp3) is 0.500. The monoisotopic (exact) mass is 141 g/mol. The zero-order valence-corrected chi connectivity index (χ0v) is 5.39. The van der Waals surface area contributed by atoms with Crippen LogP contribution in [0.5, 0.6) is 0 Å². The summed E-state index contributed by atoms with van der Waals surface area (Å²) in [6, 6.07) is 0. The van der Waals surface area contributed by atoms with Crippen molar-refractivity contribution in [1.29, 1.82) is 0 Å². The summed E-state index contributed by atoms with van der Waals surface area (Å²) < 4.78 is 12.8. The topological polar surface area (TPSA) is 54.7 Å². The van der Waals surface area contributed by atoms with Gasteiger partial charge in [0.15, 0.2) is 11.6 Å². The summed E-state index contributed by atoms with van der Waals surface area (Å²) in [6.07, 6.45) is 2.11. The zero-order chi connectivity index (χ0) is 7.14. The predicted octanol–water partition coefficient (Wildman–Crippen LogP) is 1.01. The third-order valence-corrected chi connectivity index (χ3v) is 1.74. The maximum atomic E-state index is 12.8. The van der Waals surface area contributed by atoms with Gasteiger partial charge in [-0.3, -0.25) is 5.10 Å². The minimum Gasteiger partial charge on any atom is -0.380 e. The summed E-state index contributed by atoms with van der Waals surface area (Å²) in [7, 11) is 0. The second-order valence-corrected chi connectivity index (χ2v) is 2.61. The van der Waals surface area contributed by atoms with E-state index in [1.54, 1.807) is 0 Å². The third-order valence-electron chi connectivity index (χ3n) is 1.74. The molecule has 2 rings (SSSR count). The van der Waals surface area contributed by atoms with Crippen LogP contribution in [-0.4, -0.2) is 10.2 Å². The molecule has 0 saturated heterocycles. The lowest BCUT2D eigenvalue weighted by Crippen LogP contribution is -1.88. The van der Waals surface area contributed by atoms with E-state index in [0.29, 0.717) is 11.6 Å². The van der Waals surface area contributed by atoms with E-state index >= 15 is 0 Å². The molecule has 1 aliphatic rings. The van der Waals surface area contributed by atoms with Crippen LogP contribution in [0.2, 0.25) is 0 Å². The molecule has 0 radical (unpaired) electrons. The standard InChI is InChI=1S/C6H8FN3/c7-4-5(3-1-2-3)9-10-6(4)8/h3H,1-2H2,(H3,8,9,10). The molecule has 0 amide bonds. The first-order chi connectivity index (χ1) is 4.79. The Balaban J connectivity index is 2.40. The lowest BCUT2D eigenvalue weighted by atomic mass is 10.3. The van der Waals surface area contributed by atoms with Crippen molar-refractivity contribution in [2.24, 2.45) is 0 Å². The van der Waals surface area contributed by atoms with Crippen molar-refractivity contribution in [2.75, 3.05) is 5.73 Å². The normalized spacial score (nSPS) is 17.7. The van der Waals surface area contributed by atoms with Gasteiger partial charge >= 0.3 is 0 Å². The molecule has 1 aromatic heterocycles. The number of anilines is 1. The number of halogens is 1. The minimum absolute atomic E-state index is 0.0121. The first kappa shape index (κ1) is 5.70. The maximum absolute atomic E-state index is 12.8. The number of nitrogens with zero attached hydrogens (tertiary/aromatic N) is 1. The second kappa shape index (κ2) is 1.71. The Morgan fingerprint density at radius 2 is 2.30 bits per heavy atom. The number of hydrogen-bond donors (Lipinski definition) is 2. The summed E-state index contributed by atoms with van der Waals surface area (Å²) in [5, 5.41) is 6.14. The van der Waals surface area contributed by atoms with Crippen LogP contribution in [0.25, 0.3) is 0 Å². The molecule has 1 heterocycles. The highest BCUT2D eigenvalue weighted by atomic mass is 19.1. The average molecular weight is 141 g/mol. The molecule has 0 aliphatic heterocycles. The highest BCUT2D eigenvalue weighted by molar-refractivity contribution is 5.34. The first-order valence-electron chi connectivity index (χ1n) is 3.28. The maximum Gasteiger partial charge on any atom is 0.188 e. The molecule has 0 spiro atoms. The Morgan fingerprint density at radius 3 is 2.70 bits per heavy atom. The van der Waals surface area contributed by atoms with Crippen LogP contribution in [0.1, 0.15) is 24.5 Å². The number of aromatic nitrogens is 2. The van der Waals surface area contributed by atoms with E-state index in [1.807, 2.05) is 0 Å². The molecule has 1 aliphatic carbocycles. The summed E-state index contributed by atoms with van der Waals surface area (Å²) in [4.78, 5) is 0. The highest BCUT2D eigenvalue weighted by Gasteiger charge is 2.29. The van der Waals surface area contributed by atoms with Gasteiger partial charge in [0.1, 0.15) is 0 Å². The molecule has 1 saturated carbocycles. The van der Waals surface area contributed by atoms with Gasteiger partial charge in [-0.25, -0.2) is 4.39 Å². The second-order valence-electron chi connectivity index (χ2n) is 2.61. The smallest absolute Gasteiger partial charge is 0.188 e.